The van der Waals surface area contributed by atoms with Gasteiger partial charge in [0.05, 0.1) is 0 Å². The molecule has 0 radical (unpaired) electrons. The molecule has 6 heteroatoms. The molecule has 0 atom stereocenters. The number of carbonyl (C=O) groups excluding carboxylic acids is 3. The van der Waals surface area contributed by atoms with Gasteiger partial charge < -0.3 is 15.5 Å². The van der Waals surface area contributed by atoms with E-state index < -0.39 is 0 Å². The van der Waals surface area contributed by atoms with Crippen LogP contribution < -0.4 is 10.6 Å². The first kappa shape index (κ1) is 16.7. The van der Waals surface area contributed by atoms with E-state index in [1.165, 1.54) is 6.92 Å². The monoisotopic (exact) mass is 291 g/mol. The second-order valence-corrected chi connectivity index (χ2v) is 4.55. The van der Waals surface area contributed by atoms with Gasteiger partial charge in [0.2, 0.25) is 17.7 Å². The summed E-state index contributed by atoms with van der Waals surface area (Å²) in [6.45, 7) is 6.36. The van der Waals surface area contributed by atoms with Crippen LogP contribution in [0.4, 0.5) is 11.4 Å². The average Bonchev–Trinajstić information content (AvgIpc) is 2.41. The van der Waals surface area contributed by atoms with Gasteiger partial charge in [-0.2, -0.15) is 0 Å². The third kappa shape index (κ3) is 5.64. The van der Waals surface area contributed by atoms with E-state index in [0.717, 1.165) is 0 Å². The van der Waals surface area contributed by atoms with Crippen LogP contribution in [0.1, 0.15) is 27.2 Å². The molecule has 0 aromatic heterocycles. The normalized spacial score (nSPS) is 9.86. The van der Waals surface area contributed by atoms with Crippen molar-refractivity contribution in [3.8, 4) is 0 Å². The first-order chi connectivity index (χ1) is 9.96. The first-order valence-corrected chi connectivity index (χ1v) is 6.91. The van der Waals surface area contributed by atoms with Gasteiger partial charge in [0, 0.05) is 31.4 Å². The van der Waals surface area contributed by atoms with Gasteiger partial charge in [-0.15, -0.1) is 0 Å². The second kappa shape index (κ2) is 8.04. The first-order valence-electron chi connectivity index (χ1n) is 6.91. The topological polar surface area (TPSA) is 78.5 Å². The van der Waals surface area contributed by atoms with Gasteiger partial charge >= 0.3 is 0 Å². The van der Waals surface area contributed by atoms with Crippen LogP contribution in [0.5, 0.6) is 0 Å². The molecule has 0 aliphatic rings. The van der Waals surface area contributed by atoms with Gasteiger partial charge in [0.25, 0.3) is 0 Å². The fourth-order valence-electron chi connectivity index (χ4n) is 1.87. The Kier molecular flexibility index (Phi) is 6.39. The molecule has 1 aromatic carbocycles. The smallest absolute Gasteiger partial charge is 0.233 e. The molecule has 0 spiro atoms. The molecule has 0 saturated carbocycles. The summed E-state index contributed by atoms with van der Waals surface area (Å²) in [7, 11) is 0. The van der Waals surface area contributed by atoms with Crippen LogP contribution in [0.25, 0.3) is 0 Å². The third-order valence-electron chi connectivity index (χ3n) is 2.92. The zero-order chi connectivity index (χ0) is 15.8. The Bertz CT molecular complexity index is 507. The molecule has 0 heterocycles. The van der Waals surface area contributed by atoms with Crippen LogP contribution in [0.2, 0.25) is 0 Å². The Morgan fingerprint density at radius 3 is 1.86 bits per heavy atom. The van der Waals surface area contributed by atoms with Crippen molar-refractivity contribution >= 4 is 29.1 Å². The molecule has 1 aromatic rings. The highest BCUT2D eigenvalue weighted by Gasteiger charge is 2.14. The molecule has 2 N–H and O–H groups in total. The molecular formula is C15H21N3O3. The van der Waals surface area contributed by atoms with E-state index in [9.17, 15) is 14.4 Å². The van der Waals surface area contributed by atoms with Gasteiger partial charge in [-0.25, -0.2) is 0 Å². The van der Waals surface area contributed by atoms with Crippen molar-refractivity contribution in [3.63, 3.8) is 0 Å². The number of hydrogen-bond donors (Lipinski definition) is 2. The quantitative estimate of drug-likeness (QED) is 0.785. The lowest BCUT2D eigenvalue weighted by atomic mass is 10.2. The average molecular weight is 291 g/mol. The van der Waals surface area contributed by atoms with Crippen molar-refractivity contribution in [2.24, 2.45) is 0 Å². The minimum atomic E-state index is -0.348. The third-order valence-corrected chi connectivity index (χ3v) is 2.92. The number of amides is 3. The molecule has 3 amide bonds. The molecule has 1 rings (SSSR count). The van der Waals surface area contributed by atoms with Gasteiger partial charge in [-0.3, -0.25) is 14.4 Å². The zero-order valence-corrected chi connectivity index (χ0v) is 12.6. The number of benzene rings is 1. The van der Waals surface area contributed by atoms with E-state index in [4.69, 9.17) is 0 Å². The van der Waals surface area contributed by atoms with Crippen molar-refractivity contribution in [2.75, 3.05) is 23.7 Å². The predicted octanol–water partition coefficient (Wildman–Crippen LogP) is 1.84. The summed E-state index contributed by atoms with van der Waals surface area (Å²) in [5.74, 6) is -0.692. The molecule has 0 bridgehead atoms. The second-order valence-electron chi connectivity index (χ2n) is 4.55. The van der Waals surface area contributed by atoms with Gasteiger partial charge in [0.15, 0.2) is 0 Å². The molecule has 0 unspecified atom stereocenters. The molecule has 0 aliphatic heterocycles. The lowest BCUT2D eigenvalue weighted by Crippen LogP contribution is -2.33. The van der Waals surface area contributed by atoms with Crippen LogP contribution in [0.3, 0.4) is 0 Å². The van der Waals surface area contributed by atoms with E-state index in [1.807, 2.05) is 13.8 Å². The van der Waals surface area contributed by atoms with Crippen molar-refractivity contribution in [2.45, 2.75) is 27.2 Å². The summed E-state index contributed by atoms with van der Waals surface area (Å²) in [6.07, 6.45) is -0.172. The van der Waals surface area contributed by atoms with Crippen LogP contribution in [0.15, 0.2) is 24.3 Å². The van der Waals surface area contributed by atoms with Gasteiger partial charge in [-0.05, 0) is 38.1 Å². The highest BCUT2D eigenvalue weighted by molar-refractivity contribution is 6.03. The van der Waals surface area contributed by atoms with E-state index >= 15 is 0 Å². The van der Waals surface area contributed by atoms with E-state index in [0.29, 0.717) is 24.5 Å². The number of hydrogen-bond acceptors (Lipinski definition) is 3. The highest BCUT2D eigenvalue weighted by atomic mass is 16.2. The molecule has 6 nitrogen and oxygen atoms in total. The predicted molar refractivity (Wildman–Crippen MR) is 81.9 cm³/mol. The summed E-state index contributed by atoms with van der Waals surface area (Å²) < 4.78 is 0. The number of carbonyl (C=O) groups is 3. The maximum absolute atomic E-state index is 11.8. The van der Waals surface area contributed by atoms with Crippen LogP contribution >= 0.6 is 0 Å². The maximum Gasteiger partial charge on any atom is 0.233 e. The van der Waals surface area contributed by atoms with Crippen LogP contribution in [0, 0.1) is 0 Å². The molecule has 21 heavy (non-hydrogen) atoms. The number of nitrogens with zero attached hydrogens (tertiary/aromatic N) is 1. The molecule has 0 fully saturated rings. The molecule has 0 aliphatic carbocycles. The van der Waals surface area contributed by atoms with E-state index in [1.54, 1.807) is 29.2 Å². The summed E-state index contributed by atoms with van der Waals surface area (Å²) in [6, 6.07) is 6.71. The van der Waals surface area contributed by atoms with Crippen LogP contribution in [-0.2, 0) is 14.4 Å². The van der Waals surface area contributed by atoms with Crippen molar-refractivity contribution < 1.29 is 14.4 Å². The largest absolute Gasteiger partial charge is 0.343 e. The van der Waals surface area contributed by atoms with E-state index in [-0.39, 0.29) is 24.1 Å². The SMILES string of the molecule is CCN(CC)C(=O)CC(=O)Nc1ccc(NC(C)=O)cc1. The summed E-state index contributed by atoms with van der Waals surface area (Å²) in [5.41, 5.74) is 1.24. The van der Waals surface area contributed by atoms with Crippen molar-refractivity contribution in [1.29, 1.82) is 0 Å². The Balaban J connectivity index is 2.55. The number of anilines is 2. The highest BCUT2D eigenvalue weighted by Crippen LogP contribution is 2.13. The van der Waals surface area contributed by atoms with Crippen molar-refractivity contribution in [1.82, 2.24) is 4.90 Å². The molecule has 0 saturated heterocycles. The summed E-state index contributed by atoms with van der Waals surface area (Å²) >= 11 is 0. The van der Waals surface area contributed by atoms with Crippen LogP contribution in [-0.4, -0.2) is 35.7 Å². The lowest BCUT2D eigenvalue weighted by Gasteiger charge is -2.18. The van der Waals surface area contributed by atoms with Gasteiger partial charge in [-0.1, -0.05) is 0 Å². The van der Waals surface area contributed by atoms with Crippen molar-refractivity contribution in [3.05, 3.63) is 24.3 Å². The van der Waals surface area contributed by atoms with Gasteiger partial charge in [0.1, 0.15) is 6.42 Å². The number of rotatable bonds is 6. The fraction of sp³-hybridized carbons (Fsp3) is 0.400. The minimum absolute atomic E-state index is 0.156. The van der Waals surface area contributed by atoms with E-state index in [2.05, 4.69) is 10.6 Å². The molecular weight excluding hydrogens is 270 g/mol. The molecule has 114 valence electrons. The Morgan fingerprint density at radius 2 is 1.43 bits per heavy atom. The zero-order valence-electron chi connectivity index (χ0n) is 12.6. The fourth-order valence-corrected chi connectivity index (χ4v) is 1.87. The summed E-state index contributed by atoms with van der Waals surface area (Å²) in [5, 5.41) is 5.29. The lowest BCUT2D eigenvalue weighted by molar-refractivity contribution is -0.134. The Hall–Kier alpha value is -2.37. The Labute approximate surface area is 124 Å². The standard InChI is InChI=1S/C15H21N3O3/c1-4-18(5-2)15(21)10-14(20)17-13-8-6-12(7-9-13)16-11(3)19/h6-9H,4-5,10H2,1-3H3,(H,16,19)(H,17,20). The Morgan fingerprint density at radius 1 is 0.952 bits per heavy atom. The minimum Gasteiger partial charge on any atom is -0.343 e. The number of nitrogens with one attached hydrogen (secondary N) is 2. The maximum atomic E-state index is 11.8. The summed E-state index contributed by atoms with van der Waals surface area (Å²) in [4.78, 5) is 36.1.